The molecule has 0 unspecified atom stereocenters. The molecule has 0 aliphatic heterocycles. The van der Waals surface area contributed by atoms with Gasteiger partial charge in [0.1, 0.15) is 0 Å². The Morgan fingerprint density at radius 2 is 2.00 bits per heavy atom. The molecule has 0 amide bonds. The average molecular weight is 163 g/mol. The number of rotatable bonds is 3. The zero-order valence-corrected chi connectivity index (χ0v) is 8.20. The van der Waals surface area contributed by atoms with Crippen LogP contribution in [0.5, 0.6) is 0 Å². The molecule has 0 atom stereocenters. The van der Waals surface area contributed by atoms with Crippen LogP contribution in [0.1, 0.15) is 20.8 Å². The van der Waals surface area contributed by atoms with Gasteiger partial charge >= 0.3 is 0 Å². The topological polar surface area (TPSA) is 12.0 Å². The predicted octanol–water partition coefficient (Wildman–Crippen LogP) is 2.33. The number of hydrogen-bond donors (Lipinski definition) is 1. The minimum atomic E-state index is 0.469. The molecule has 0 bridgehead atoms. The molecular weight excluding hydrogens is 146 g/mol. The van der Waals surface area contributed by atoms with Crippen LogP contribution < -0.4 is 5.32 Å². The summed E-state index contributed by atoms with van der Waals surface area (Å²) in [5.41, 5.74) is 1.93. The van der Waals surface area contributed by atoms with Crippen LogP contribution in [0.4, 0.5) is 0 Å². The van der Waals surface area contributed by atoms with Gasteiger partial charge < -0.3 is 5.32 Å². The molecule has 0 rings (SSSR count). The lowest BCUT2D eigenvalue weighted by molar-refractivity contribution is 0.688. The van der Waals surface area contributed by atoms with Crippen LogP contribution in [-0.4, -0.2) is 6.54 Å². The number of allylic oxidation sites excluding steroid dienone is 2. The van der Waals surface area contributed by atoms with Crippen molar-refractivity contribution in [2.75, 3.05) is 6.54 Å². The summed E-state index contributed by atoms with van der Waals surface area (Å²) >= 11 is 0. The van der Waals surface area contributed by atoms with E-state index in [2.05, 4.69) is 44.2 Å². The molecule has 0 radical (unpaired) electrons. The molecule has 0 saturated carbocycles. The van der Waals surface area contributed by atoms with E-state index in [0.717, 1.165) is 11.3 Å². The molecule has 0 spiro atoms. The van der Waals surface area contributed by atoms with Crippen molar-refractivity contribution in [3.63, 3.8) is 0 Å². The third kappa shape index (κ3) is 5.61. The highest BCUT2D eigenvalue weighted by Gasteiger charge is 1.95. The molecular formula is C11H17N. The molecule has 1 heteroatoms. The monoisotopic (exact) mass is 163 g/mol. The molecule has 0 aromatic rings. The Morgan fingerprint density at radius 1 is 1.42 bits per heavy atom. The zero-order chi connectivity index (χ0) is 9.56. The molecule has 0 saturated heterocycles. The van der Waals surface area contributed by atoms with E-state index in [1.807, 2.05) is 6.92 Å². The SMILES string of the molecule is C=C(C)C#CCNC(=C)C(C)C. The van der Waals surface area contributed by atoms with E-state index in [-0.39, 0.29) is 0 Å². The second kappa shape index (κ2) is 5.49. The maximum absolute atomic E-state index is 3.87. The highest BCUT2D eigenvalue weighted by atomic mass is 14.9. The summed E-state index contributed by atoms with van der Waals surface area (Å²) < 4.78 is 0. The first kappa shape index (κ1) is 10.8. The minimum Gasteiger partial charge on any atom is -0.378 e. The maximum Gasteiger partial charge on any atom is 0.0766 e. The fourth-order valence-corrected chi connectivity index (χ4v) is 0.557. The first-order valence-corrected chi connectivity index (χ1v) is 4.11. The van der Waals surface area contributed by atoms with E-state index in [1.165, 1.54) is 0 Å². The standard InChI is InChI=1S/C11H17N/c1-9(2)7-6-8-12-11(5)10(3)4/h10,12H,1,5,8H2,2-4H3. The number of nitrogens with one attached hydrogen (secondary N) is 1. The molecule has 1 nitrogen and oxygen atoms in total. The Kier molecular flexibility index (Phi) is 4.96. The van der Waals surface area contributed by atoms with Crippen molar-refractivity contribution in [2.45, 2.75) is 20.8 Å². The van der Waals surface area contributed by atoms with E-state index in [1.54, 1.807) is 0 Å². The smallest absolute Gasteiger partial charge is 0.0766 e. The van der Waals surface area contributed by atoms with Crippen LogP contribution in [0, 0.1) is 17.8 Å². The van der Waals surface area contributed by atoms with Gasteiger partial charge in [-0.2, -0.15) is 0 Å². The second-order valence-electron chi connectivity index (χ2n) is 3.12. The summed E-state index contributed by atoms with van der Waals surface area (Å²) in [7, 11) is 0. The Morgan fingerprint density at radius 3 is 2.42 bits per heavy atom. The molecule has 1 N–H and O–H groups in total. The van der Waals surface area contributed by atoms with Crippen molar-refractivity contribution in [3.8, 4) is 11.8 Å². The van der Waals surface area contributed by atoms with Gasteiger partial charge in [-0.3, -0.25) is 0 Å². The van der Waals surface area contributed by atoms with E-state index >= 15 is 0 Å². The van der Waals surface area contributed by atoms with E-state index in [0.29, 0.717) is 12.5 Å². The van der Waals surface area contributed by atoms with Crippen molar-refractivity contribution >= 4 is 0 Å². The highest BCUT2D eigenvalue weighted by molar-refractivity contribution is 5.23. The van der Waals surface area contributed by atoms with Gasteiger partial charge in [-0.1, -0.05) is 38.8 Å². The quantitative estimate of drug-likeness (QED) is 0.630. The second-order valence-corrected chi connectivity index (χ2v) is 3.12. The first-order valence-electron chi connectivity index (χ1n) is 4.11. The summed E-state index contributed by atoms with van der Waals surface area (Å²) in [4.78, 5) is 0. The zero-order valence-electron chi connectivity index (χ0n) is 8.20. The maximum atomic E-state index is 3.87. The predicted molar refractivity (Wildman–Crippen MR) is 54.6 cm³/mol. The summed E-state index contributed by atoms with van der Waals surface area (Å²) in [5.74, 6) is 6.31. The summed E-state index contributed by atoms with van der Waals surface area (Å²) in [5, 5.41) is 3.13. The first-order chi connectivity index (χ1) is 5.54. The van der Waals surface area contributed by atoms with Crippen molar-refractivity contribution in [3.05, 3.63) is 24.4 Å². The van der Waals surface area contributed by atoms with Crippen molar-refractivity contribution in [1.82, 2.24) is 5.32 Å². The van der Waals surface area contributed by atoms with E-state index in [9.17, 15) is 0 Å². The van der Waals surface area contributed by atoms with Crippen molar-refractivity contribution in [1.29, 1.82) is 0 Å². The molecule has 66 valence electrons. The largest absolute Gasteiger partial charge is 0.378 e. The van der Waals surface area contributed by atoms with Crippen LogP contribution in [0.3, 0.4) is 0 Å². The van der Waals surface area contributed by atoms with Gasteiger partial charge in [0, 0.05) is 5.70 Å². The molecule has 0 aromatic heterocycles. The van der Waals surface area contributed by atoms with Gasteiger partial charge in [0.05, 0.1) is 6.54 Å². The Labute approximate surface area is 75.6 Å². The minimum absolute atomic E-state index is 0.469. The van der Waals surface area contributed by atoms with Gasteiger partial charge in [-0.25, -0.2) is 0 Å². The fourth-order valence-electron chi connectivity index (χ4n) is 0.557. The normalized spacial score (nSPS) is 8.67. The Bertz CT molecular complexity index is 225. The lowest BCUT2D eigenvalue weighted by Gasteiger charge is -2.08. The van der Waals surface area contributed by atoms with Crippen LogP contribution in [0.25, 0.3) is 0 Å². The lowest BCUT2D eigenvalue weighted by atomic mass is 10.1. The summed E-state index contributed by atoms with van der Waals surface area (Å²) in [6.45, 7) is 14.3. The summed E-state index contributed by atoms with van der Waals surface area (Å²) in [6.07, 6.45) is 0. The van der Waals surface area contributed by atoms with Gasteiger partial charge in [-0.05, 0) is 18.4 Å². The average Bonchev–Trinajstić information content (AvgIpc) is 1.97. The van der Waals surface area contributed by atoms with Gasteiger partial charge in [-0.15, -0.1) is 0 Å². The van der Waals surface area contributed by atoms with E-state index < -0.39 is 0 Å². The van der Waals surface area contributed by atoms with Gasteiger partial charge in [0.2, 0.25) is 0 Å². The van der Waals surface area contributed by atoms with E-state index in [4.69, 9.17) is 0 Å². The third-order valence-corrected chi connectivity index (χ3v) is 1.40. The van der Waals surface area contributed by atoms with Crippen LogP contribution in [0.2, 0.25) is 0 Å². The van der Waals surface area contributed by atoms with Crippen LogP contribution >= 0.6 is 0 Å². The fraction of sp³-hybridized carbons (Fsp3) is 0.455. The summed E-state index contributed by atoms with van der Waals surface area (Å²) in [6, 6.07) is 0. The molecule has 0 fully saturated rings. The van der Waals surface area contributed by atoms with Crippen LogP contribution in [-0.2, 0) is 0 Å². The third-order valence-electron chi connectivity index (χ3n) is 1.40. The molecule has 12 heavy (non-hydrogen) atoms. The molecule has 0 aliphatic rings. The Balaban J connectivity index is 3.66. The van der Waals surface area contributed by atoms with Crippen LogP contribution in [0.15, 0.2) is 24.4 Å². The van der Waals surface area contributed by atoms with Crippen molar-refractivity contribution < 1.29 is 0 Å². The van der Waals surface area contributed by atoms with Crippen molar-refractivity contribution in [2.24, 2.45) is 5.92 Å². The molecule has 0 aromatic carbocycles. The Hall–Kier alpha value is -1.16. The number of hydrogen-bond acceptors (Lipinski definition) is 1. The van der Waals surface area contributed by atoms with Gasteiger partial charge in [0.25, 0.3) is 0 Å². The lowest BCUT2D eigenvalue weighted by Crippen LogP contribution is -2.16. The van der Waals surface area contributed by atoms with Gasteiger partial charge in [0.15, 0.2) is 0 Å². The molecule has 0 heterocycles. The highest BCUT2D eigenvalue weighted by Crippen LogP contribution is 2.00. The molecule has 0 aliphatic carbocycles.